The van der Waals surface area contributed by atoms with E-state index in [4.69, 9.17) is 10.8 Å². The standard InChI is InChI=1S/C3H4N2S2/c4-2-1-6-3(5)7-2/h4-5H,1H2. The van der Waals surface area contributed by atoms with Crippen molar-refractivity contribution in [1.29, 1.82) is 10.8 Å². The summed E-state index contributed by atoms with van der Waals surface area (Å²) in [5, 5.41) is 14.6. The van der Waals surface area contributed by atoms with Gasteiger partial charge in [-0.15, -0.1) is 0 Å². The Morgan fingerprint density at radius 2 is 2.14 bits per heavy atom. The lowest BCUT2D eigenvalue weighted by molar-refractivity contribution is 1.54. The zero-order valence-corrected chi connectivity index (χ0v) is 5.16. The molecule has 2 N–H and O–H groups in total. The third-order valence-electron chi connectivity index (χ3n) is 0.550. The van der Waals surface area contributed by atoms with Gasteiger partial charge in [0.05, 0.1) is 5.04 Å². The van der Waals surface area contributed by atoms with Gasteiger partial charge in [-0.05, 0) is 11.8 Å². The highest BCUT2D eigenvalue weighted by atomic mass is 32.2. The summed E-state index contributed by atoms with van der Waals surface area (Å²) in [6.45, 7) is 0. The summed E-state index contributed by atoms with van der Waals surface area (Å²) in [6, 6.07) is 0. The Bertz CT molecular complexity index is 106. The van der Waals surface area contributed by atoms with Crippen molar-refractivity contribution in [1.82, 2.24) is 0 Å². The molecule has 0 amide bonds. The van der Waals surface area contributed by atoms with Crippen LogP contribution < -0.4 is 0 Å². The molecule has 0 unspecified atom stereocenters. The molecule has 38 valence electrons. The predicted octanol–water partition coefficient (Wildman–Crippen LogP) is 1.38. The highest BCUT2D eigenvalue weighted by Gasteiger charge is 2.12. The number of thioether (sulfide) groups is 2. The Labute approximate surface area is 50.1 Å². The maximum Gasteiger partial charge on any atom is 0.128 e. The SMILES string of the molecule is N=C1CSC(=N)S1. The molecule has 0 saturated carbocycles. The van der Waals surface area contributed by atoms with Gasteiger partial charge in [-0.25, -0.2) is 0 Å². The van der Waals surface area contributed by atoms with E-state index < -0.39 is 0 Å². The molecular formula is C3H4N2S2. The molecule has 0 atom stereocenters. The minimum atomic E-state index is 0.560. The highest BCUT2D eigenvalue weighted by molar-refractivity contribution is 8.49. The fourth-order valence-electron chi connectivity index (χ4n) is 0.302. The number of rotatable bonds is 0. The number of hydrogen-bond donors (Lipinski definition) is 2. The van der Waals surface area contributed by atoms with Crippen LogP contribution in [0.5, 0.6) is 0 Å². The first kappa shape index (κ1) is 5.18. The molecule has 0 bridgehead atoms. The lowest BCUT2D eigenvalue weighted by Crippen LogP contribution is -1.80. The molecule has 4 heteroatoms. The zero-order valence-electron chi connectivity index (χ0n) is 3.52. The molecule has 2 nitrogen and oxygen atoms in total. The van der Waals surface area contributed by atoms with Crippen molar-refractivity contribution < 1.29 is 0 Å². The molecule has 0 radical (unpaired) electrons. The summed E-state index contributed by atoms with van der Waals surface area (Å²) in [6.07, 6.45) is 0. The van der Waals surface area contributed by atoms with Crippen molar-refractivity contribution in [3.05, 3.63) is 0 Å². The molecule has 0 spiro atoms. The van der Waals surface area contributed by atoms with Crippen molar-refractivity contribution in [3.8, 4) is 0 Å². The Kier molecular flexibility index (Phi) is 1.39. The van der Waals surface area contributed by atoms with Gasteiger partial charge >= 0.3 is 0 Å². The lowest BCUT2D eigenvalue weighted by Gasteiger charge is -1.76. The smallest absolute Gasteiger partial charge is 0.128 e. The van der Waals surface area contributed by atoms with Crippen LogP contribution in [-0.2, 0) is 0 Å². The van der Waals surface area contributed by atoms with Crippen LogP contribution in [-0.4, -0.2) is 15.2 Å². The van der Waals surface area contributed by atoms with Gasteiger partial charge in [0.2, 0.25) is 0 Å². The summed E-state index contributed by atoms with van der Waals surface area (Å²) in [7, 11) is 0. The highest BCUT2D eigenvalue weighted by Crippen LogP contribution is 2.25. The second-order valence-corrected chi connectivity index (χ2v) is 3.45. The van der Waals surface area contributed by atoms with E-state index >= 15 is 0 Å². The van der Waals surface area contributed by atoms with Gasteiger partial charge in [0, 0.05) is 5.75 Å². The lowest BCUT2D eigenvalue weighted by atomic mass is 10.9. The first-order valence-corrected chi connectivity index (χ1v) is 3.56. The van der Waals surface area contributed by atoms with Crippen molar-refractivity contribution >= 4 is 32.9 Å². The van der Waals surface area contributed by atoms with Crippen LogP contribution in [0.25, 0.3) is 0 Å². The molecule has 1 heterocycles. The van der Waals surface area contributed by atoms with Gasteiger partial charge in [-0.3, -0.25) is 10.8 Å². The van der Waals surface area contributed by atoms with E-state index in [9.17, 15) is 0 Å². The van der Waals surface area contributed by atoms with Crippen molar-refractivity contribution in [3.63, 3.8) is 0 Å². The molecule has 1 rings (SSSR count). The minimum absolute atomic E-state index is 0.560. The molecule has 0 aromatic rings. The van der Waals surface area contributed by atoms with E-state index in [0.29, 0.717) is 15.2 Å². The molecule has 0 aromatic carbocycles. The first-order chi connectivity index (χ1) is 3.29. The van der Waals surface area contributed by atoms with Gasteiger partial charge < -0.3 is 0 Å². The fraction of sp³-hybridized carbons (Fsp3) is 0.333. The first-order valence-electron chi connectivity index (χ1n) is 1.75. The van der Waals surface area contributed by atoms with E-state index in [1.54, 1.807) is 0 Å². The Morgan fingerprint density at radius 3 is 2.29 bits per heavy atom. The van der Waals surface area contributed by atoms with E-state index in [-0.39, 0.29) is 0 Å². The van der Waals surface area contributed by atoms with Gasteiger partial charge in [0.1, 0.15) is 4.38 Å². The van der Waals surface area contributed by atoms with E-state index in [0.717, 1.165) is 0 Å². The Morgan fingerprint density at radius 1 is 1.43 bits per heavy atom. The van der Waals surface area contributed by atoms with Gasteiger partial charge in [0.15, 0.2) is 0 Å². The maximum atomic E-state index is 6.98. The van der Waals surface area contributed by atoms with Crippen LogP contribution in [0.1, 0.15) is 0 Å². The summed E-state index contributed by atoms with van der Waals surface area (Å²) < 4.78 is 0.560. The monoisotopic (exact) mass is 132 g/mol. The summed E-state index contributed by atoms with van der Waals surface area (Å²) in [4.78, 5) is 0. The number of hydrogen-bond acceptors (Lipinski definition) is 4. The second kappa shape index (κ2) is 1.88. The van der Waals surface area contributed by atoms with Gasteiger partial charge in [0.25, 0.3) is 0 Å². The number of nitrogens with one attached hydrogen (secondary N) is 2. The summed E-state index contributed by atoms with van der Waals surface area (Å²) in [5.41, 5.74) is 0. The Balaban J connectivity index is 2.55. The van der Waals surface area contributed by atoms with Crippen LogP contribution in [0.15, 0.2) is 0 Å². The molecule has 1 aliphatic heterocycles. The van der Waals surface area contributed by atoms with Gasteiger partial charge in [-0.1, -0.05) is 11.8 Å². The van der Waals surface area contributed by atoms with E-state index in [1.165, 1.54) is 23.5 Å². The molecule has 1 saturated heterocycles. The molecule has 1 aliphatic rings. The van der Waals surface area contributed by atoms with Crippen molar-refractivity contribution in [2.24, 2.45) is 0 Å². The van der Waals surface area contributed by atoms with Crippen LogP contribution in [0, 0.1) is 10.8 Å². The topological polar surface area (TPSA) is 47.7 Å². The second-order valence-electron chi connectivity index (χ2n) is 1.10. The molecule has 0 aromatic heterocycles. The van der Waals surface area contributed by atoms with Gasteiger partial charge in [-0.2, -0.15) is 0 Å². The van der Waals surface area contributed by atoms with Crippen LogP contribution in [0.4, 0.5) is 0 Å². The van der Waals surface area contributed by atoms with Crippen LogP contribution in [0.3, 0.4) is 0 Å². The van der Waals surface area contributed by atoms with Crippen LogP contribution in [0.2, 0.25) is 0 Å². The minimum Gasteiger partial charge on any atom is -0.297 e. The largest absolute Gasteiger partial charge is 0.297 e. The summed E-state index contributed by atoms with van der Waals surface area (Å²) >= 11 is 2.68. The zero-order chi connectivity index (χ0) is 5.28. The van der Waals surface area contributed by atoms with Crippen molar-refractivity contribution in [2.75, 3.05) is 5.75 Å². The third-order valence-corrected chi connectivity index (χ3v) is 2.61. The molecule has 0 aliphatic carbocycles. The van der Waals surface area contributed by atoms with E-state index in [2.05, 4.69) is 0 Å². The molecular weight excluding hydrogens is 128 g/mol. The average molecular weight is 132 g/mol. The normalized spacial score (nSPS) is 21.1. The molecule has 1 fully saturated rings. The average Bonchev–Trinajstić information content (AvgIpc) is 1.87. The predicted molar refractivity (Wildman–Crippen MR) is 35.5 cm³/mol. The maximum absolute atomic E-state index is 6.98. The van der Waals surface area contributed by atoms with Crippen molar-refractivity contribution in [2.45, 2.75) is 0 Å². The quantitative estimate of drug-likeness (QED) is 0.523. The molecule has 7 heavy (non-hydrogen) atoms. The Hall–Kier alpha value is 0.0400. The van der Waals surface area contributed by atoms with E-state index in [1.807, 2.05) is 0 Å². The third kappa shape index (κ3) is 1.21. The summed E-state index contributed by atoms with van der Waals surface area (Å²) in [5.74, 6) is 0.712. The fourth-order valence-corrected chi connectivity index (χ4v) is 1.91. The van der Waals surface area contributed by atoms with Crippen LogP contribution >= 0.6 is 23.5 Å².